The monoisotopic (exact) mass is 382 g/mol. The third-order valence-electron chi connectivity index (χ3n) is 6.47. The first-order valence-corrected chi connectivity index (χ1v) is 10.5. The van der Waals surface area contributed by atoms with E-state index in [1.807, 2.05) is 4.90 Å². The van der Waals surface area contributed by atoms with E-state index in [1.54, 1.807) is 0 Å². The van der Waals surface area contributed by atoms with Gasteiger partial charge in [0.25, 0.3) is 0 Å². The minimum absolute atomic E-state index is 0.0682. The molecule has 2 heterocycles. The van der Waals surface area contributed by atoms with Crippen molar-refractivity contribution in [1.29, 1.82) is 0 Å². The molecular weight excluding hydrogens is 352 g/mol. The number of H-pyrrole nitrogens is 1. The summed E-state index contributed by atoms with van der Waals surface area (Å²) in [5.74, 6) is 1.11. The van der Waals surface area contributed by atoms with Crippen LogP contribution >= 0.6 is 0 Å². The zero-order valence-corrected chi connectivity index (χ0v) is 16.9. The summed E-state index contributed by atoms with van der Waals surface area (Å²) in [5, 5.41) is 3.06. The van der Waals surface area contributed by atoms with Gasteiger partial charge in [0.1, 0.15) is 5.82 Å². The summed E-state index contributed by atoms with van der Waals surface area (Å²) in [6.45, 7) is 5.32. The van der Waals surface area contributed by atoms with Gasteiger partial charge >= 0.3 is 0 Å². The average molecular weight is 383 g/mol. The molecule has 6 nitrogen and oxygen atoms in total. The molecule has 0 radical (unpaired) electrons. The average Bonchev–Trinajstić information content (AvgIpc) is 3.35. The number of aryl methyl sites for hydroxylation is 2. The molecule has 1 aromatic heterocycles. The number of likely N-dealkylation sites (tertiary alicyclic amines) is 1. The fourth-order valence-corrected chi connectivity index (χ4v) is 4.59. The summed E-state index contributed by atoms with van der Waals surface area (Å²) < 4.78 is 0. The Kier molecular flexibility index (Phi) is 5.38. The number of rotatable bonds is 5. The van der Waals surface area contributed by atoms with Crippen LogP contribution in [0.4, 0.5) is 0 Å². The minimum atomic E-state index is -0.0844. The van der Waals surface area contributed by atoms with Gasteiger partial charge in [-0.15, -0.1) is 0 Å². The van der Waals surface area contributed by atoms with Crippen LogP contribution in [0.3, 0.4) is 0 Å². The molecule has 0 spiro atoms. The molecule has 2 fully saturated rings. The van der Waals surface area contributed by atoms with E-state index in [4.69, 9.17) is 4.98 Å². The van der Waals surface area contributed by atoms with Gasteiger partial charge < -0.3 is 15.2 Å². The first-order valence-electron chi connectivity index (χ1n) is 10.5. The highest BCUT2D eigenvalue weighted by Crippen LogP contribution is 2.28. The van der Waals surface area contributed by atoms with E-state index >= 15 is 0 Å². The summed E-state index contributed by atoms with van der Waals surface area (Å²) in [5.41, 5.74) is 4.49. The third kappa shape index (κ3) is 3.77. The molecule has 1 atom stereocenters. The van der Waals surface area contributed by atoms with Crippen LogP contribution in [-0.2, 0) is 16.0 Å². The van der Waals surface area contributed by atoms with Crippen molar-refractivity contribution in [2.24, 2.45) is 5.92 Å². The van der Waals surface area contributed by atoms with Gasteiger partial charge in [0, 0.05) is 32.0 Å². The number of amides is 2. The van der Waals surface area contributed by atoms with Gasteiger partial charge in [-0.3, -0.25) is 9.59 Å². The molecule has 1 saturated carbocycles. The maximum atomic E-state index is 12.6. The topological polar surface area (TPSA) is 78.1 Å². The highest BCUT2D eigenvalue weighted by atomic mass is 16.2. The Labute approximate surface area is 166 Å². The quantitative estimate of drug-likeness (QED) is 0.834. The number of nitrogens with zero attached hydrogens (tertiary/aromatic N) is 2. The van der Waals surface area contributed by atoms with Crippen molar-refractivity contribution < 1.29 is 9.59 Å². The summed E-state index contributed by atoms with van der Waals surface area (Å²) in [6, 6.07) is 4.51. The normalized spacial score (nSPS) is 20.9. The van der Waals surface area contributed by atoms with E-state index in [9.17, 15) is 9.59 Å². The van der Waals surface area contributed by atoms with Crippen LogP contribution in [0.25, 0.3) is 11.0 Å². The van der Waals surface area contributed by atoms with Gasteiger partial charge in [0.15, 0.2) is 0 Å². The standard InChI is InChI=1S/C22H30N4O2/c1-14-7-9-18-21(15(14)2)25-19(24-18)11-12-23-22(28)16-8-10-20(27)26(13-16)17-5-3-4-6-17/h7,9,16-17H,3-6,8,10-13H2,1-2H3,(H,23,28)(H,24,25)/t16-/m1/s1. The number of fused-ring (bicyclic) bond motifs is 1. The number of hydrogen-bond donors (Lipinski definition) is 2. The van der Waals surface area contributed by atoms with E-state index in [0.717, 1.165) is 29.7 Å². The van der Waals surface area contributed by atoms with Crippen LogP contribution in [0, 0.1) is 19.8 Å². The number of carbonyl (C=O) groups excluding carboxylic acids is 2. The SMILES string of the molecule is Cc1ccc2[nH]c(CCNC(=O)[C@@H]3CCC(=O)N(C4CCCC4)C3)nc2c1C. The smallest absolute Gasteiger partial charge is 0.224 e. The van der Waals surface area contributed by atoms with Crippen molar-refractivity contribution >= 4 is 22.8 Å². The van der Waals surface area contributed by atoms with Gasteiger partial charge in [-0.05, 0) is 50.3 Å². The maximum Gasteiger partial charge on any atom is 0.224 e. The van der Waals surface area contributed by atoms with Crippen molar-refractivity contribution in [3.05, 3.63) is 29.1 Å². The molecule has 1 saturated heterocycles. The maximum absolute atomic E-state index is 12.6. The first-order chi connectivity index (χ1) is 13.5. The first kappa shape index (κ1) is 19.0. The van der Waals surface area contributed by atoms with Crippen LogP contribution < -0.4 is 5.32 Å². The molecular formula is C22H30N4O2. The summed E-state index contributed by atoms with van der Waals surface area (Å²) >= 11 is 0. The van der Waals surface area contributed by atoms with Crippen LogP contribution in [0.1, 0.15) is 55.5 Å². The van der Waals surface area contributed by atoms with Gasteiger partial charge in [-0.25, -0.2) is 4.98 Å². The van der Waals surface area contributed by atoms with Crippen molar-refractivity contribution in [2.75, 3.05) is 13.1 Å². The Hall–Kier alpha value is -2.37. The molecule has 2 aliphatic rings. The van der Waals surface area contributed by atoms with Crippen LogP contribution in [0.15, 0.2) is 12.1 Å². The highest BCUT2D eigenvalue weighted by molar-refractivity contribution is 5.84. The summed E-state index contributed by atoms with van der Waals surface area (Å²) in [4.78, 5) is 34.9. The number of nitrogens with one attached hydrogen (secondary N) is 2. The summed E-state index contributed by atoms with van der Waals surface area (Å²) in [6.07, 6.45) is 6.41. The van der Waals surface area contributed by atoms with Crippen molar-refractivity contribution in [3.63, 3.8) is 0 Å². The molecule has 28 heavy (non-hydrogen) atoms. The van der Waals surface area contributed by atoms with Gasteiger partial charge in [0.05, 0.1) is 17.0 Å². The Balaban J connectivity index is 1.32. The molecule has 4 rings (SSSR count). The van der Waals surface area contributed by atoms with Crippen molar-refractivity contribution in [1.82, 2.24) is 20.2 Å². The Morgan fingerprint density at radius 2 is 2.04 bits per heavy atom. The Morgan fingerprint density at radius 3 is 2.82 bits per heavy atom. The number of carbonyl (C=O) groups is 2. The largest absolute Gasteiger partial charge is 0.355 e. The number of aromatic amines is 1. The lowest BCUT2D eigenvalue weighted by Crippen LogP contribution is -2.49. The fraction of sp³-hybridized carbons (Fsp3) is 0.591. The van der Waals surface area contributed by atoms with E-state index in [1.165, 1.54) is 24.0 Å². The predicted octanol–water partition coefficient (Wildman–Crippen LogP) is 3.02. The summed E-state index contributed by atoms with van der Waals surface area (Å²) in [7, 11) is 0. The molecule has 150 valence electrons. The molecule has 0 bridgehead atoms. The Morgan fingerprint density at radius 1 is 1.25 bits per heavy atom. The zero-order valence-electron chi connectivity index (χ0n) is 16.9. The van der Waals surface area contributed by atoms with Crippen LogP contribution in [0.5, 0.6) is 0 Å². The second kappa shape index (κ2) is 7.94. The predicted molar refractivity (Wildman–Crippen MR) is 109 cm³/mol. The van der Waals surface area contributed by atoms with Crippen LogP contribution in [-0.4, -0.2) is 45.8 Å². The van der Waals surface area contributed by atoms with Crippen molar-refractivity contribution in [3.8, 4) is 0 Å². The van der Waals surface area contributed by atoms with Gasteiger partial charge in [-0.1, -0.05) is 18.9 Å². The molecule has 2 amide bonds. The second-order valence-electron chi connectivity index (χ2n) is 8.35. The molecule has 2 aromatic rings. The lowest BCUT2D eigenvalue weighted by atomic mass is 9.95. The molecule has 0 unspecified atom stereocenters. The van der Waals surface area contributed by atoms with Gasteiger partial charge in [-0.2, -0.15) is 0 Å². The number of imidazole rings is 1. The van der Waals surface area contributed by atoms with E-state index in [2.05, 4.69) is 36.3 Å². The van der Waals surface area contributed by atoms with E-state index in [0.29, 0.717) is 38.4 Å². The number of hydrogen-bond acceptors (Lipinski definition) is 3. The molecule has 1 aliphatic heterocycles. The number of piperidine rings is 1. The third-order valence-corrected chi connectivity index (χ3v) is 6.47. The van der Waals surface area contributed by atoms with Crippen LogP contribution in [0.2, 0.25) is 0 Å². The minimum Gasteiger partial charge on any atom is -0.355 e. The van der Waals surface area contributed by atoms with Crippen molar-refractivity contribution in [2.45, 2.75) is 64.8 Å². The fourth-order valence-electron chi connectivity index (χ4n) is 4.59. The van der Waals surface area contributed by atoms with E-state index in [-0.39, 0.29) is 17.7 Å². The molecule has 1 aliphatic carbocycles. The second-order valence-corrected chi connectivity index (χ2v) is 8.35. The highest BCUT2D eigenvalue weighted by Gasteiger charge is 2.35. The number of benzene rings is 1. The molecule has 1 aromatic carbocycles. The lowest BCUT2D eigenvalue weighted by Gasteiger charge is -2.36. The Bertz CT molecular complexity index is 882. The zero-order chi connectivity index (χ0) is 19.7. The number of aromatic nitrogens is 2. The molecule has 2 N–H and O–H groups in total. The molecule has 6 heteroatoms. The van der Waals surface area contributed by atoms with E-state index < -0.39 is 0 Å². The van der Waals surface area contributed by atoms with Gasteiger partial charge in [0.2, 0.25) is 11.8 Å². The lowest BCUT2D eigenvalue weighted by molar-refractivity contribution is -0.140.